The van der Waals surface area contributed by atoms with Crippen molar-refractivity contribution in [2.45, 2.75) is 18.1 Å². The van der Waals surface area contributed by atoms with Crippen LogP contribution in [0.1, 0.15) is 5.56 Å². The molecule has 6 heteroatoms. The summed E-state index contributed by atoms with van der Waals surface area (Å²) in [5.74, 6) is -1.22. The van der Waals surface area contributed by atoms with Gasteiger partial charge in [0.1, 0.15) is 5.60 Å². The molecule has 3 aliphatic rings. The Morgan fingerprint density at radius 1 is 1.21 bits per heavy atom. The molecule has 5 nitrogen and oxygen atoms in total. The maximum atomic E-state index is 13.2. The van der Waals surface area contributed by atoms with Crippen molar-refractivity contribution >= 4 is 29.1 Å². The Kier molecular flexibility index (Phi) is 4.45. The van der Waals surface area contributed by atoms with Crippen molar-refractivity contribution in [3.63, 3.8) is 0 Å². The smallest absolute Gasteiger partial charge is 0.231 e. The molecule has 5 rings (SSSR count). The minimum atomic E-state index is -0.686. The molecule has 0 aliphatic carbocycles. The number of rotatable bonds is 5. The van der Waals surface area contributed by atoms with E-state index < -0.39 is 17.4 Å². The van der Waals surface area contributed by atoms with Gasteiger partial charge in [0, 0.05) is 17.3 Å². The van der Waals surface area contributed by atoms with E-state index in [9.17, 15) is 9.59 Å². The second-order valence-corrected chi connectivity index (χ2v) is 8.33. The molecular formula is C23H21ClN2O3. The second kappa shape index (κ2) is 7.01. The number of benzene rings is 2. The zero-order valence-electron chi connectivity index (χ0n) is 15.8. The van der Waals surface area contributed by atoms with Crippen molar-refractivity contribution in [3.8, 4) is 0 Å². The normalized spacial score (nSPS) is 29.3. The fraction of sp³-hybridized carbons (Fsp3) is 0.304. The average Bonchev–Trinajstić information content (AvgIpc) is 3.35. The summed E-state index contributed by atoms with van der Waals surface area (Å²) < 4.78 is 6.17. The molecule has 29 heavy (non-hydrogen) atoms. The Labute approximate surface area is 174 Å². The lowest BCUT2D eigenvalue weighted by Gasteiger charge is -2.23. The molecule has 2 aromatic rings. The fourth-order valence-corrected chi connectivity index (χ4v) is 4.96. The maximum absolute atomic E-state index is 13.2. The molecule has 2 saturated heterocycles. The summed E-state index contributed by atoms with van der Waals surface area (Å²) in [5, 5.41) is 3.45. The first-order valence-corrected chi connectivity index (χ1v) is 10.2. The summed E-state index contributed by atoms with van der Waals surface area (Å²) in [6.45, 7) is 1.11. The van der Waals surface area contributed by atoms with Crippen molar-refractivity contribution in [3.05, 3.63) is 77.3 Å². The minimum absolute atomic E-state index is 0.000903. The molecule has 1 spiro atoms. The first-order chi connectivity index (χ1) is 14.1. The van der Waals surface area contributed by atoms with E-state index in [4.69, 9.17) is 16.3 Å². The van der Waals surface area contributed by atoms with Crippen LogP contribution in [-0.2, 0) is 20.7 Å². The molecule has 2 amide bonds. The Morgan fingerprint density at radius 3 is 2.83 bits per heavy atom. The van der Waals surface area contributed by atoms with Crippen LogP contribution in [0.15, 0.2) is 66.7 Å². The Balaban J connectivity index is 1.33. The highest BCUT2D eigenvalue weighted by molar-refractivity contribution is 6.30. The molecule has 0 aromatic heterocycles. The van der Waals surface area contributed by atoms with E-state index >= 15 is 0 Å². The number of hydrogen-bond donors (Lipinski definition) is 1. The third kappa shape index (κ3) is 3.15. The van der Waals surface area contributed by atoms with Crippen molar-refractivity contribution in [2.24, 2.45) is 11.8 Å². The van der Waals surface area contributed by atoms with Crippen LogP contribution in [0.3, 0.4) is 0 Å². The van der Waals surface area contributed by atoms with Gasteiger partial charge in [-0.1, -0.05) is 60.2 Å². The van der Waals surface area contributed by atoms with Crippen LogP contribution in [0.4, 0.5) is 5.69 Å². The number of likely N-dealkylation sites (tertiary alicyclic amines) is 1. The van der Waals surface area contributed by atoms with E-state index in [-0.39, 0.29) is 17.9 Å². The zero-order chi connectivity index (χ0) is 20.0. The summed E-state index contributed by atoms with van der Waals surface area (Å²) in [4.78, 5) is 28.1. The molecule has 0 unspecified atom stereocenters. The van der Waals surface area contributed by atoms with Gasteiger partial charge in [0.15, 0.2) is 0 Å². The van der Waals surface area contributed by atoms with Crippen LogP contribution in [0.2, 0.25) is 5.02 Å². The molecule has 148 valence electrons. The third-order valence-electron chi connectivity index (χ3n) is 6.09. The SMILES string of the molecule is O=C(Nc1cccc(Cl)c1)[C@@H]1[C@@H]2C=C[C@@]3(CN(CCc4ccccc4)C(=O)[C@H]13)O2. The number of fused-ring (bicyclic) bond motifs is 1. The monoisotopic (exact) mass is 408 g/mol. The van der Waals surface area contributed by atoms with Gasteiger partial charge in [0.05, 0.1) is 24.5 Å². The number of nitrogens with zero attached hydrogens (tertiary/aromatic N) is 1. The molecule has 0 saturated carbocycles. The summed E-state index contributed by atoms with van der Waals surface area (Å²) in [7, 11) is 0. The van der Waals surface area contributed by atoms with E-state index in [1.54, 1.807) is 24.3 Å². The van der Waals surface area contributed by atoms with Crippen LogP contribution in [0.5, 0.6) is 0 Å². The Hall–Kier alpha value is -2.63. The van der Waals surface area contributed by atoms with Gasteiger partial charge in [-0.05, 0) is 30.2 Å². The molecule has 4 atom stereocenters. The average molecular weight is 409 g/mol. The highest BCUT2D eigenvalue weighted by atomic mass is 35.5. The third-order valence-corrected chi connectivity index (χ3v) is 6.32. The maximum Gasteiger partial charge on any atom is 0.231 e. The quantitative estimate of drug-likeness (QED) is 0.772. The molecule has 2 fully saturated rings. The number of halogens is 1. The second-order valence-electron chi connectivity index (χ2n) is 7.89. The minimum Gasteiger partial charge on any atom is -0.360 e. The summed E-state index contributed by atoms with van der Waals surface area (Å²) in [6.07, 6.45) is 4.32. The zero-order valence-corrected chi connectivity index (χ0v) is 16.5. The van der Waals surface area contributed by atoms with Crippen molar-refractivity contribution in [2.75, 3.05) is 18.4 Å². The van der Waals surface area contributed by atoms with Crippen molar-refractivity contribution < 1.29 is 14.3 Å². The molecule has 3 aliphatic heterocycles. The Morgan fingerprint density at radius 2 is 2.03 bits per heavy atom. The summed E-state index contributed by atoms with van der Waals surface area (Å²) >= 11 is 6.02. The topological polar surface area (TPSA) is 58.6 Å². The molecule has 0 radical (unpaired) electrons. The molecule has 3 heterocycles. The van der Waals surface area contributed by atoms with Gasteiger partial charge in [0.25, 0.3) is 0 Å². The highest BCUT2D eigenvalue weighted by Crippen LogP contribution is 2.52. The number of nitrogens with one attached hydrogen (secondary N) is 1. The van der Waals surface area contributed by atoms with Gasteiger partial charge in [-0.2, -0.15) is 0 Å². The van der Waals surface area contributed by atoms with E-state index in [1.165, 1.54) is 5.56 Å². The first kappa shape index (κ1) is 18.4. The van der Waals surface area contributed by atoms with Crippen molar-refractivity contribution in [1.29, 1.82) is 0 Å². The lowest BCUT2D eigenvalue weighted by Crippen LogP contribution is -2.41. The van der Waals surface area contributed by atoms with Gasteiger partial charge in [-0.15, -0.1) is 0 Å². The number of carbonyl (C=O) groups excluding carboxylic acids is 2. The predicted octanol–water partition coefficient (Wildman–Crippen LogP) is 3.30. The number of hydrogen-bond acceptors (Lipinski definition) is 3. The molecule has 2 aromatic carbocycles. The summed E-state index contributed by atoms with van der Waals surface area (Å²) in [6, 6.07) is 17.1. The Bertz CT molecular complexity index is 993. The van der Waals surface area contributed by atoms with Crippen LogP contribution < -0.4 is 5.32 Å². The van der Waals surface area contributed by atoms with Crippen LogP contribution in [-0.4, -0.2) is 41.5 Å². The largest absolute Gasteiger partial charge is 0.360 e. The van der Waals surface area contributed by atoms with E-state index in [1.807, 2.05) is 35.3 Å². The lowest BCUT2D eigenvalue weighted by molar-refractivity contribution is -0.135. The van der Waals surface area contributed by atoms with E-state index in [2.05, 4.69) is 17.4 Å². The molecule has 2 bridgehead atoms. The molecular weight excluding hydrogens is 388 g/mol. The van der Waals surface area contributed by atoms with Gasteiger partial charge >= 0.3 is 0 Å². The fourth-order valence-electron chi connectivity index (χ4n) is 4.77. The molecule has 1 N–H and O–H groups in total. The lowest BCUT2D eigenvalue weighted by atomic mass is 9.77. The van der Waals surface area contributed by atoms with Gasteiger partial charge in [-0.3, -0.25) is 9.59 Å². The van der Waals surface area contributed by atoms with E-state index in [0.29, 0.717) is 23.8 Å². The highest BCUT2D eigenvalue weighted by Gasteiger charge is 2.66. The number of carbonyl (C=O) groups is 2. The van der Waals surface area contributed by atoms with Gasteiger partial charge in [0.2, 0.25) is 11.8 Å². The number of ether oxygens (including phenoxy) is 1. The van der Waals surface area contributed by atoms with Gasteiger partial charge < -0.3 is 15.0 Å². The number of amides is 2. The van der Waals surface area contributed by atoms with Gasteiger partial charge in [-0.25, -0.2) is 0 Å². The van der Waals surface area contributed by atoms with Crippen LogP contribution in [0.25, 0.3) is 0 Å². The van der Waals surface area contributed by atoms with Crippen molar-refractivity contribution in [1.82, 2.24) is 4.90 Å². The number of anilines is 1. The van der Waals surface area contributed by atoms with E-state index in [0.717, 1.165) is 6.42 Å². The first-order valence-electron chi connectivity index (χ1n) is 9.82. The standard InChI is InChI=1S/C23H21ClN2O3/c24-16-7-4-8-17(13-16)25-21(27)19-18-9-11-23(29-18)14-26(22(28)20(19)23)12-10-15-5-2-1-3-6-15/h1-9,11,13,18-20H,10,12,14H2,(H,25,27)/t18-,19+,20-,23-/m0/s1. The van der Waals surface area contributed by atoms with Crippen LogP contribution >= 0.6 is 11.6 Å². The predicted molar refractivity (Wildman–Crippen MR) is 111 cm³/mol. The van der Waals surface area contributed by atoms with Crippen LogP contribution in [0, 0.1) is 11.8 Å². The summed E-state index contributed by atoms with van der Waals surface area (Å²) in [5.41, 5.74) is 1.12.